The lowest BCUT2D eigenvalue weighted by Gasteiger charge is -2.19. The van der Waals surface area contributed by atoms with Gasteiger partial charge in [-0.1, -0.05) is 23.5 Å². The van der Waals surface area contributed by atoms with Gasteiger partial charge in [0.05, 0.1) is 15.1 Å². The van der Waals surface area contributed by atoms with Crippen molar-refractivity contribution in [2.24, 2.45) is 0 Å². The molecule has 8 heteroatoms. The molecule has 1 N–H and O–H groups in total. The predicted octanol–water partition coefficient (Wildman–Crippen LogP) is 4.53. The Labute approximate surface area is 180 Å². The molecule has 1 amide bonds. The maximum absolute atomic E-state index is 12.8. The maximum Gasteiger partial charge on any atom is 0.257 e. The number of nitrogens with one attached hydrogen (secondary N) is 1. The summed E-state index contributed by atoms with van der Waals surface area (Å²) < 4.78 is 27.8. The predicted molar refractivity (Wildman–Crippen MR) is 123 cm³/mol. The third-order valence-corrected chi connectivity index (χ3v) is 7.42. The number of carbonyl (C=O) groups excluding carboxylic acids is 1. The zero-order valence-electron chi connectivity index (χ0n) is 16.9. The minimum absolute atomic E-state index is 0.105. The van der Waals surface area contributed by atoms with Gasteiger partial charge in [0, 0.05) is 18.7 Å². The average molecular weight is 442 g/mol. The molecule has 0 aliphatic carbocycles. The number of hydrogen-bond donors (Lipinski definition) is 1. The van der Waals surface area contributed by atoms with Crippen LogP contribution in [0.1, 0.15) is 21.5 Å². The molecule has 2 aromatic carbocycles. The van der Waals surface area contributed by atoms with Crippen LogP contribution in [0.3, 0.4) is 0 Å². The smallest absolute Gasteiger partial charge is 0.257 e. The van der Waals surface area contributed by atoms with E-state index in [1.54, 1.807) is 0 Å². The zero-order valence-corrected chi connectivity index (χ0v) is 18.5. The molecule has 0 fully saturated rings. The second kappa shape index (κ2) is 8.91. The third kappa shape index (κ3) is 4.51. The fourth-order valence-corrected chi connectivity index (χ4v) is 5.21. The van der Waals surface area contributed by atoms with E-state index in [2.05, 4.69) is 29.5 Å². The lowest BCUT2D eigenvalue weighted by Crippen LogP contribution is -2.31. The summed E-state index contributed by atoms with van der Waals surface area (Å²) in [6.45, 7) is 11.6. The van der Waals surface area contributed by atoms with Gasteiger partial charge in [0.25, 0.3) is 5.91 Å². The molecule has 0 aliphatic rings. The van der Waals surface area contributed by atoms with Crippen LogP contribution in [0.5, 0.6) is 0 Å². The first-order chi connectivity index (χ1) is 14.3. The molecule has 0 bridgehead atoms. The first-order valence-electron chi connectivity index (χ1n) is 9.27. The second-order valence-corrected chi connectivity index (χ2v) is 9.77. The van der Waals surface area contributed by atoms with E-state index >= 15 is 0 Å². The van der Waals surface area contributed by atoms with Gasteiger partial charge in [-0.2, -0.15) is 4.31 Å². The third-order valence-electron chi connectivity index (χ3n) is 4.64. The fourth-order valence-electron chi connectivity index (χ4n) is 2.89. The van der Waals surface area contributed by atoms with Crippen molar-refractivity contribution in [3.63, 3.8) is 0 Å². The fraction of sp³-hybridized carbons (Fsp3) is 0.182. The van der Waals surface area contributed by atoms with Crippen LogP contribution < -0.4 is 5.32 Å². The average Bonchev–Trinajstić information content (AvgIpc) is 3.09. The Morgan fingerprint density at radius 3 is 2.30 bits per heavy atom. The molecule has 0 saturated carbocycles. The van der Waals surface area contributed by atoms with Crippen LogP contribution in [-0.2, 0) is 10.0 Å². The van der Waals surface area contributed by atoms with Crippen molar-refractivity contribution in [1.82, 2.24) is 9.29 Å². The van der Waals surface area contributed by atoms with Gasteiger partial charge in [-0.25, -0.2) is 13.4 Å². The van der Waals surface area contributed by atoms with Crippen molar-refractivity contribution >= 4 is 42.6 Å². The molecule has 3 rings (SSSR count). The number of carbonyl (C=O) groups is 1. The first kappa shape index (κ1) is 21.9. The Morgan fingerprint density at radius 2 is 1.70 bits per heavy atom. The summed E-state index contributed by atoms with van der Waals surface area (Å²) >= 11 is 1.40. The SMILES string of the molecule is C=CCN(CC=C)S(=O)(=O)c1ccc(C(=O)Nc2nc3cc(C)c(C)cc3s2)cc1. The second-order valence-electron chi connectivity index (χ2n) is 6.80. The van der Waals surface area contributed by atoms with Gasteiger partial charge in [0.15, 0.2) is 5.13 Å². The number of amides is 1. The summed E-state index contributed by atoms with van der Waals surface area (Å²) in [6, 6.07) is 9.88. The number of aryl methyl sites for hydroxylation is 2. The van der Waals surface area contributed by atoms with E-state index < -0.39 is 10.0 Å². The summed E-state index contributed by atoms with van der Waals surface area (Å²) in [5, 5.41) is 3.29. The number of benzene rings is 2. The molecule has 1 aromatic heterocycles. The summed E-state index contributed by atoms with van der Waals surface area (Å²) in [6.07, 6.45) is 3.04. The quantitative estimate of drug-likeness (QED) is 0.521. The Morgan fingerprint density at radius 1 is 1.10 bits per heavy atom. The molecule has 0 atom stereocenters. The molecule has 6 nitrogen and oxygen atoms in total. The number of rotatable bonds is 8. The van der Waals surface area contributed by atoms with Gasteiger partial charge in [0.2, 0.25) is 10.0 Å². The van der Waals surface area contributed by atoms with Crippen LogP contribution >= 0.6 is 11.3 Å². The van der Waals surface area contributed by atoms with E-state index in [9.17, 15) is 13.2 Å². The van der Waals surface area contributed by atoms with Gasteiger partial charge >= 0.3 is 0 Å². The summed E-state index contributed by atoms with van der Waals surface area (Å²) in [5.74, 6) is -0.347. The molecule has 0 spiro atoms. The zero-order chi connectivity index (χ0) is 21.9. The highest BCUT2D eigenvalue weighted by Crippen LogP contribution is 2.28. The van der Waals surface area contributed by atoms with E-state index in [-0.39, 0.29) is 23.9 Å². The molecule has 0 unspecified atom stereocenters. The van der Waals surface area contributed by atoms with Gasteiger partial charge in [-0.05, 0) is 61.4 Å². The first-order valence-corrected chi connectivity index (χ1v) is 11.5. The van der Waals surface area contributed by atoms with Crippen LogP contribution in [0.4, 0.5) is 5.13 Å². The minimum atomic E-state index is -3.70. The number of hydrogen-bond acceptors (Lipinski definition) is 5. The van der Waals surface area contributed by atoms with Crippen LogP contribution in [0, 0.1) is 13.8 Å². The standard InChI is InChI=1S/C22H23N3O3S2/c1-5-11-25(12-6-2)30(27,28)18-9-7-17(8-10-18)21(26)24-22-23-19-13-15(3)16(4)14-20(19)29-22/h5-10,13-14H,1-2,11-12H2,3-4H3,(H,23,24,26). The van der Waals surface area contributed by atoms with Crippen LogP contribution in [0.2, 0.25) is 0 Å². The van der Waals surface area contributed by atoms with Gasteiger partial charge in [-0.15, -0.1) is 13.2 Å². The highest BCUT2D eigenvalue weighted by molar-refractivity contribution is 7.89. The van der Waals surface area contributed by atoms with E-state index in [0.29, 0.717) is 10.7 Å². The maximum atomic E-state index is 12.8. The summed E-state index contributed by atoms with van der Waals surface area (Å²) in [7, 11) is -3.70. The van der Waals surface area contributed by atoms with E-state index in [0.717, 1.165) is 15.8 Å². The number of aromatic nitrogens is 1. The Hall–Kier alpha value is -2.81. The molecule has 30 heavy (non-hydrogen) atoms. The summed E-state index contributed by atoms with van der Waals surface area (Å²) in [5.41, 5.74) is 3.50. The van der Waals surface area contributed by atoms with Crippen molar-refractivity contribution in [1.29, 1.82) is 0 Å². The number of nitrogens with zero attached hydrogens (tertiary/aromatic N) is 2. The lowest BCUT2D eigenvalue weighted by atomic mass is 10.1. The number of thiazole rings is 1. The highest BCUT2D eigenvalue weighted by atomic mass is 32.2. The largest absolute Gasteiger partial charge is 0.298 e. The minimum Gasteiger partial charge on any atom is -0.298 e. The number of sulfonamides is 1. The van der Waals surface area contributed by atoms with Crippen LogP contribution in [0.15, 0.2) is 66.6 Å². The van der Waals surface area contributed by atoms with Crippen molar-refractivity contribution in [3.8, 4) is 0 Å². The highest BCUT2D eigenvalue weighted by Gasteiger charge is 2.22. The van der Waals surface area contributed by atoms with Crippen molar-refractivity contribution in [2.75, 3.05) is 18.4 Å². The van der Waals surface area contributed by atoms with Gasteiger partial charge < -0.3 is 0 Å². The van der Waals surface area contributed by atoms with E-state index in [4.69, 9.17) is 0 Å². The normalized spacial score (nSPS) is 11.6. The van der Waals surface area contributed by atoms with Gasteiger partial charge in [-0.3, -0.25) is 10.1 Å². The monoisotopic (exact) mass is 441 g/mol. The van der Waals surface area contributed by atoms with Crippen molar-refractivity contribution in [3.05, 3.63) is 78.4 Å². The summed E-state index contributed by atoms with van der Waals surface area (Å²) in [4.78, 5) is 17.2. The van der Waals surface area contributed by atoms with E-state index in [1.807, 2.05) is 19.9 Å². The van der Waals surface area contributed by atoms with Crippen molar-refractivity contribution < 1.29 is 13.2 Å². The molecule has 0 aliphatic heterocycles. The molecule has 1 heterocycles. The molecule has 156 valence electrons. The number of fused-ring (bicyclic) bond motifs is 1. The molecular weight excluding hydrogens is 418 g/mol. The Bertz CT molecular complexity index is 1160. The lowest BCUT2D eigenvalue weighted by molar-refractivity contribution is 0.102. The van der Waals surface area contributed by atoms with Crippen LogP contribution in [0.25, 0.3) is 10.2 Å². The Kier molecular flexibility index (Phi) is 6.50. The molecule has 0 saturated heterocycles. The Balaban J connectivity index is 1.79. The topological polar surface area (TPSA) is 79.4 Å². The van der Waals surface area contributed by atoms with Gasteiger partial charge in [0.1, 0.15) is 0 Å². The van der Waals surface area contributed by atoms with Crippen LogP contribution in [-0.4, -0.2) is 36.7 Å². The molecule has 3 aromatic rings. The number of anilines is 1. The van der Waals surface area contributed by atoms with E-state index in [1.165, 1.54) is 57.6 Å². The molecular formula is C22H23N3O3S2. The van der Waals surface area contributed by atoms with Crippen molar-refractivity contribution in [2.45, 2.75) is 18.7 Å². The molecule has 0 radical (unpaired) electrons.